The average Bonchev–Trinajstić information content (AvgIpc) is 2.48. The Labute approximate surface area is 133 Å². The number of aromatic nitrogens is 1. The van der Waals surface area contributed by atoms with E-state index in [-0.39, 0.29) is 12.1 Å². The van der Waals surface area contributed by atoms with Gasteiger partial charge in [0.2, 0.25) is 0 Å². The van der Waals surface area contributed by atoms with Gasteiger partial charge in [-0.25, -0.2) is 4.79 Å². The monoisotopic (exact) mass is 347 g/mol. The minimum Gasteiger partial charge on any atom is -0.338 e. The zero-order valence-corrected chi connectivity index (χ0v) is 13.4. The first kappa shape index (κ1) is 15.5. The predicted molar refractivity (Wildman–Crippen MR) is 87.0 cm³/mol. The van der Waals surface area contributed by atoms with E-state index in [2.05, 4.69) is 31.5 Å². The highest BCUT2D eigenvalue weighted by molar-refractivity contribution is 9.10. The van der Waals surface area contributed by atoms with Crippen molar-refractivity contribution in [2.24, 2.45) is 0 Å². The molecule has 1 atom stereocenters. The van der Waals surface area contributed by atoms with Crippen molar-refractivity contribution in [2.45, 2.75) is 19.4 Å². The van der Waals surface area contributed by atoms with Crippen LogP contribution in [-0.2, 0) is 6.42 Å². The van der Waals surface area contributed by atoms with E-state index in [0.717, 1.165) is 22.0 Å². The zero-order chi connectivity index (χ0) is 15.1. The molecule has 0 fully saturated rings. The number of rotatable bonds is 5. The molecule has 0 bridgehead atoms. The van der Waals surface area contributed by atoms with Crippen molar-refractivity contribution in [1.82, 2.24) is 15.6 Å². The van der Waals surface area contributed by atoms with E-state index in [4.69, 9.17) is 0 Å². The summed E-state index contributed by atoms with van der Waals surface area (Å²) in [5.74, 6) is 0. The Balaban J connectivity index is 1.78. The zero-order valence-electron chi connectivity index (χ0n) is 11.8. The second-order valence-electron chi connectivity index (χ2n) is 4.75. The number of benzene rings is 1. The highest BCUT2D eigenvalue weighted by Crippen LogP contribution is 2.22. The highest BCUT2D eigenvalue weighted by atomic mass is 79.9. The molecular formula is C16H18BrN3O. The SMILES string of the molecule is C[C@@H](NC(=O)NCCc1cccnc1)c1ccccc1Br. The minimum atomic E-state index is -0.165. The summed E-state index contributed by atoms with van der Waals surface area (Å²) in [4.78, 5) is 15.9. The van der Waals surface area contributed by atoms with Gasteiger partial charge in [-0.05, 0) is 36.6 Å². The van der Waals surface area contributed by atoms with Gasteiger partial charge in [-0.15, -0.1) is 0 Å². The fourth-order valence-electron chi connectivity index (χ4n) is 2.02. The summed E-state index contributed by atoms with van der Waals surface area (Å²) in [5.41, 5.74) is 2.16. The summed E-state index contributed by atoms with van der Waals surface area (Å²) in [6, 6.07) is 11.5. The maximum absolute atomic E-state index is 11.9. The number of pyridine rings is 1. The van der Waals surface area contributed by atoms with Crippen molar-refractivity contribution < 1.29 is 4.79 Å². The van der Waals surface area contributed by atoms with Gasteiger partial charge >= 0.3 is 6.03 Å². The number of amides is 2. The van der Waals surface area contributed by atoms with Crippen LogP contribution in [0.1, 0.15) is 24.1 Å². The van der Waals surface area contributed by atoms with E-state index < -0.39 is 0 Å². The molecule has 1 aromatic heterocycles. The Morgan fingerprint density at radius 2 is 2.10 bits per heavy atom. The second-order valence-corrected chi connectivity index (χ2v) is 5.61. The maximum Gasteiger partial charge on any atom is 0.315 e. The first-order valence-electron chi connectivity index (χ1n) is 6.84. The summed E-state index contributed by atoms with van der Waals surface area (Å²) >= 11 is 3.49. The van der Waals surface area contributed by atoms with Gasteiger partial charge < -0.3 is 10.6 Å². The van der Waals surface area contributed by atoms with Crippen molar-refractivity contribution >= 4 is 22.0 Å². The fourth-order valence-corrected chi connectivity index (χ4v) is 2.65. The lowest BCUT2D eigenvalue weighted by atomic mass is 10.1. The van der Waals surface area contributed by atoms with Crippen molar-refractivity contribution in [1.29, 1.82) is 0 Å². The van der Waals surface area contributed by atoms with Gasteiger partial charge in [-0.1, -0.05) is 40.2 Å². The van der Waals surface area contributed by atoms with Gasteiger partial charge in [0.05, 0.1) is 6.04 Å². The summed E-state index contributed by atoms with van der Waals surface area (Å²) in [6.07, 6.45) is 4.32. The van der Waals surface area contributed by atoms with Crippen LogP contribution in [0.5, 0.6) is 0 Å². The topological polar surface area (TPSA) is 54.0 Å². The third kappa shape index (κ3) is 4.86. The average molecular weight is 348 g/mol. The summed E-state index contributed by atoms with van der Waals surface area (Å²) in [6.45, 7) is 2.54. The molecule has 0 saturated heterocycles. The molecule has 0 aliphatic carbocycles. The lowest BCUT2D eigenvalue weighted by molar-refractivity contribution is 0.238. The Kier molecular flexibility index (Phi) is 5.75. The quantitative estimate of drug-likeness (QED) is 0.870. The molecule has 0 aliphatic rings. The lowest BCUT2D eigenvalue weighted by Gasteiger charge is -2.16. The number of hydrogen-bond acceptors (Lipinski definition) is 2. The Hall–Kier alpha value is -1.88. The summed E-state index contributed by atoms with van der Waals surface area (Å²) in [5, 5.41) is 5.79. The van der Waals surface area contributed by atoms with Gasteiger partial charge in [0.25, 0.3) is 0 Å². The van der Waals surface area contributed by atoms with Gasteiger partial charge in [0.1, 0.15) is 0 Å². The first-order valence-corrected chi connectivity index (χ1v) is 7.64. The molecule has 0 spiro atoms. The molecule has 21 heavy (non-hydrogen) atoms. The van der Waals surface area contributed by atoms with Crippen LogP contribution < -0.4 is 10.6 Å². The van der Waals surface area contributed by atoms with Crippen molar-refractivity contribution in [3.05, 3.63) is 64.4 Å². The molecule has 1 aromatic carbocycles. The molecule has 2 aromatic rings. The minimum absolute atomic E-state index is 0.0565. The number of halogens is 1. The van der Waals surface area contributed by atoms with Gasteiger partial charge in [0.15, 0.2) is 0 Å². The molecule has 0 aliphatic heterocycles. The molecule has 0 saturated carbocycles. The van der Waals surface area contributed by atoms with Crippen LogP contribution in [-0.4, -0.2) is 17.6 Å². The van der Waals surface area contributed by atoms with E-state index in [0.29, 0.717) is 6.54 Å². The molecule has 0 unspecified atom stereocenters. The lowest BCUT2D eigenvalue weighted by Crippen LogP contribution is -2.38. The van der Waals surface area contributed by atoms with Crippen LogP contribution in [0.4, 0.5) is 4.79 Å². The smallest absolute Gasteiger partial charge is 0.315 e. The Bertz CT molecular complexity index is 589. The van der Waals surface area contributed by atoms with Crippen LogP contribution in [0.15, 0.2) is 53.3 Å². The van der Waals surface area contributed by atoms with E-state index in [1.165, 1.54) is 0 Å². The molecule has 4 nitrogen and oxygen atoms in total. The van der Waals surface area contributed by atoms with E-state index >= 15 is 0 Å². The van der Waals surface area contributed by atoms with Crippen LogP contribution >= 0.6 is 15.9 Å². The standard InChI is InChI=1S/C16H18BrN3O/c1-12(14-6-2-3-7-15(14)17)20-16(21)19-10-8-13-5-4-9-18-11-13/h2-7,9,11-12H,8,10H2,1H3,(H2,19,20,21)/t12-/m1/s1. The first-order chi connectivity index (χ1) is 10.2. The highest BCUT2D eigenvalue weighted by Gasteiger charge is 2.11. The molecular weight excluding hydrogens is 330 g/mol. The van der Waals surface area contributed by atoms with E-state index in [1.807, 2.05) is 49.5 Å². The summed E-state index contributed by atoms with van der Waals surface area (Å²) in [7, 11) is 0. The number of carbonyl (C=O) groups excluding carboxylic acids is 1. The van der Waals surface area contributed by atoms with Crippen LogP contribution in [0.25, 0.3) is 0 Å². The molecule has 5 heteroatoms. The number of carbonyl (C=O) groups is 1. The van der Waals surface area contributed by atoms with Crippen LogP contribution in [0, 0.1) is 0 Å². The Morgan fingerprint density at radius 1 is 1.29 bits per heavy atom. The third-order valence-electron chi connectivity index (χ3n) is 3.14. The molecule has 1 heterocycles. The Morgan fingerprint density at radius 3 is 2.81 bits per heavy atom. The van der Waals surface area contributed by atoms with Crippen molar-refractivity contribution in [3.63, 3.8) is 0 Å². The maximum atomic E-state index is 11.9. The summed E-state index contributed by atoms with van der Waals surface area (Å²) < 4.78 is 0.994. The third-order valence-corrected chi connectivity index (χ3v) is 3.86. The molecule has 2 rings (SSSR count). The van der Waals surface area contributed by atoms with E-state index in [1.54, 1.807) is 6.20 Å². The van der Waals surface area contributed by atoms with Crippen LogP contribution in [0.2, 0.25) is 0 Å². The number of hydrogen-bond donors (Lipinski definition) is 2. The van der Waals surface area contributed by atoms with Crippen molar-refractivity contribution in [3.8, 4) is 0 Å². The molecule has 2 N–H and O–H groups in total. The van der Waals surface area contributed by atoms with E-state index in [9.17, 15) is 4.79 Å². The number of nitrogens with zero attached hydrogens (tertiary/aromatic N) is 1. The fraction of sp³-hybridized carbons (Fsp3) is 0.250. The number of nitrogens with one attached hydrogen (secondary N) is 2. The van der Waals surface area contributed by atoms with Crippen molar-refractivity contribution in [2.75, 3.05) is 6.54 Å². The number of urea groups is 1. The predicted octanol–water partition coefficient (Wildman–Crippen LogP) is 3.45. The normalized spacial score (nSPS) is 11.7. The molecule has 110 valence electrons. The van der Waals surface area contributed by atoms with Gasteiger partial charge in [0, 0.05) is 23.4 Å². The van der Waals surface area contributed by atoms with Crippen LogP contribution in [0.3, 0.4) is 0 Å². The second kappa shape index (κ2) is 7.78. The van der Waals surface area contributed by atoms with Gasteiger partial charge in [-0.2, -0.15) is 0 Å². The largest absolute Gasteiger partial charge is 0.338 e. The molecule has 2 amide bonds. The molecule has 0 radical (unpaired) electrons. The van der Waals surface area contributed by atoms with Gasteiger partial charge in [-0.3, -0.25) is 4.98 Å².